The van der Waals surface area contributed by atoms with Crippen LogP contribution in [-0.2, 0) is 32.2 Å². The summed E-state index contributed by atoms with van der Waals surface area (Å²) in [6.45, 7) is 10.0. The molecule has 1 atom stereocenters. The minimum atomic E-state index is -1.11. The van der Waals surface area contributed by atoms with Crippen molar-refractivity contribution in [1.29, 1.82) is 0 Å². The molecule has 0 spiro atoms. The first kappa shape index (κ1) is 28.5. The van der Waals surface area contributed by atoms with Gasteiger partial charge in [-0.1, -0.05) is 44.2 Å². The lowest BCUT2D eigenvalue weighted by Crippen LogP contribution is -2.51. The van der Waals surface area contributed by atoms with Crippen molar-refractivity contribution in [2.24, 2.45) is 5.73 Å². The first-order valence-corrected chi connectivity index (χ1v) is 13.2. The van der Waals surface area contributed by atoms with E-state index in [2.05, 4.69) is 35.4 Å². The molecule has 3 heterocycles. The molecule has 0 radical (unpaired) electrons. The van der Waals surface area contributed by atoms with Gasteiger partial charge in [-0.05, 0) is 43.0 Å². The summed E-state index contributed by atoms with van der Waals surface area (Å²) in [4.78, 5) is 27.1. The number of morpholine rings is 1. The van der Waals surface area contributed by atoms with E-state index in [4.69, 9.17) is 19.9 Å². The number of benzene rings is 1. The Labute approximate surface area is 228 Å². The van der Waals surface area contributed by atoms with Crippen LogP contribution in [0.4, 0.5) is 4.79 Å². The van der Waals surface area contributed by atoms with Crippen LogP contribution in [0.2, 0.25) is 0 Å². The molecule has 1 unspecified atom stereocenters. The molecule has 1 aromatic carbocycles. The zero-order chi connectivity index (χ0) is 28.0. The summed E-state index contributed by atoms with van der Waals surface area (Å²) in [6, 6.07) is 12.9. The molecule has 3 N–H and O–H groups in total. The van der Waals surface area contributed by atoms with Gasteiger partial charge in [0.15, 0.2) is 11.5 Å². The Balaban J connectivity index is 1.56. The largest absolute Gasteiger partial charge is 0.443 e. The number of nitrogens with two attached hydrogens (primary N) is 1. The van der Waals surface area contributed by atoms with Gasteiger partial charge in [-0.25, -0.2) is 4.79 Å². The van der Waals surface area contributed by atoms with Crippen molar-refractivity contribution in [2.45, 2.75) is 58.4 Å². The van der Waals surface area contributed by atoms with Crippen LogP contribution in [0.25, 0.3) is 5.65 Å². The van der Waals surface area contributed by atoms with E-state index in [1.165, 1.54) is 5.56 Å². The summed E-state index contributed by atoms with van der Waals surface area (Å²) >= 11 is 0. The second-order valence-electron chi connectivity index (χ2n) is 10.5. The molecule has 1 aliphatic heterocycles. The normalized spacial score (nSPS) is 15.0. The molecule has 0 bridgehead atoms. The maximum Gasteiger partial charge on any atom is 0.410 e. The predicted octanol–water partition coefficient (Wildman–Crippen LogP) is 2.93. The van der Waals surface area contributed by atoms with E-state index in [9.17, 15) is 9.59 Å². The maximum absolute atomic E-state index is 12.9. The molecule has 0 aliphatic carbocycles. The second-order valence-corrected chi connectivity index (χ2v) is 10.5. The smallest absolute Gasteiger partial charge is 0.410 e. The van der Waals surface area contributed by atoms with Crippen molar-refractivity contribution in [1.82, 2.24) is 24.8 Å². The first-order chi connectivity index (χ1) is 18.6. The van der Waals surface area contributed by atoms with Gasteiger partial charge in [-0.2, -0.15) is 0 Å². The average molecular weight is 539 g/mol. The molecule has 11 heteroatoms. The SMILES string of the molecule is CC(C)c1ccccc1COCC(NC(=O)C(C)(C)N)c1nnc2cccc(COC(=O)N3CCOCC3)n12. The third-order valence-corrected chi connectivity index (χ3v) is 6.57. The molecule has 2 aromatic heterocycles. The Kier molecular flexibility index (Phi) is 9.16. The van der Waals surface area contributed by atoms with Crippen LogP contribution >= 0.6 is 0 Å². The minimum Gasteiger partial charge on any atom is -0.443 e. The second kappa shape index (κ2) is 12.5. The molecule has 1 saturated heterocycles. The van der Waals surface area contributed by atoms with E-state index in [0.717, 1.165) is 5.56 Å². The third kappa shape index (κ3) is 7.11. The number of rotatable bonds is 10. The van der Waals surface area contributed by atoms with E-state index < -0.39 is 17.7 Å². The van der Waals surface area contributed by atoms with E-state index >= 15 is 0 Å². The number of nitrogens with zero attached hydrogens (tertiary/aromatic N) is 4. The molecular formula is C28H38N6O5. The number of carbonyl (C=O) groups is 2. The van der Waals surface area contributed by atoms with E-state index in [1.807, 2.05) is 30.3 Å². The number of carbonyl (C=O) groups excluding carboxylic acids is 2. The average Bonchev–Trinajstić information content (AvgIpc) is 3.36. The number of pyridine rings is 1. The third-order valence-electron chi connectivity index (χ3n) is 6.57. The molecule has 210 valence electrons. The highest BCUT2D eigenvalue weighted by Crippen LogP contribution is 2.22. The standard InChI is InChI=1S/C28H38N6O5/c1-19(2)22-10-6-5-8-20(22)16-38-18-23(30-26(35)28(3,4)29)25-32-31-24-11-7-9-21(34(24)25)17-39-27(36)33-12-14-37-15-13-33/h5-11,19,23H,12-18,29H2,1-4H3,(H,30,35). The van der Waals surface area contributed by atoms with Crippen molar-refractivity contribution in [3.63, 3.8) is 0 Å². The zero-order valence-electron chi connectivity index (χ0n) is 23.1. The van der Waals surface area contributed by atoms with Crippen LogP contribution in [0.5, 0.6) is 0 Å². The predicted molar refractivity (Wildman–Crippen MR) is 145 cm³/mol. The lowest BCUT2D eigenvalue weighted by Gasteiger charge is -2.26. The Morgan fingerprint density at radius 2 is 1.82 bits per heavy atom. The van der Waals surface area contributed by atoms with Crippen molar-refractivity contribution < 1.29 is 23.8 Å². The molecule has 2 amide bonds. The summed E-state index contributed by atoms with van der Waals surface area (Å²) in [5, 5.41) is 11.7. The van der Waals surface area contributed by atoms with Crippen LogP contribution in [0.1, 0.15) is 62.3 Å². The highest BCUT2D eigenvalue weighted by molar-refractivity contribution is 5.85. The summed E-state index contributed by atoms with van der Waals surface area (Å²) in [5.74, 6) is 0.450. The van der Waals surface area contributed by atoms with Gasteiger partial charge in [-0.3, -0.25) is 9.20 Å². The van der Waals surface area contributed by atoms with Gasteiger partial charge < -0.3 is 30.2 Å². The highest BCUT2D eigenvalue weighted by atomic mass is 16.6. The molecule has 4 rings (SSSR count). The van der Waals surface area contributed by atoms with Gasteiger partial charge in [0.1, 0.15) is 12.6 Å². The number of hydrogen-bond donors (Lipinski definition) is 2. The van der Waals surface area contributed by atoms with Crippen LogP contribution < -0.4 is 11.1 Å². The summed E-state index contributed by atoms with van der Waals surface area (Å²) < 4.78 is 18.8. The van der Waals surface area contributed by atoms with Crippen LogP contribution in [0.3, 0.4) is 0 Å². The summed E-state index contributed by atoms with van der Waals surface area (Å²) in [6.07, 6.45) is -0.410. The maximum atomic E-state index is 12.9. The van der Waals surface area contributed by atoms with Gasteiger partial charge in [-0.15, -0.1) is 10.2 Å². The van der Waals surface area contributed by atoms with E-state index in [-0.39, 0.29) is 19.1 Å². The van der Waals surface area contributed by atoms with Crippen molar-refractivity contribution in [3.05, 3.63) is 65.1 Å². The number of nitrogens with one attached hydrogen (secondary N) is 1. The number of hydrogen-bond acceptors (Lipinski definition) is 8. The highest BCUT2D eigenvalue weighted by Gasteiger charge is 2.29. The quantitative estimate of drug-likeness (QED) is 0.403. The Morgan fingerprint density at radius 1 is 1.08 bits per heavy atom. The molecule has 0 saturated carbocycles. The van der Waals surface area contributed by atoms with Gasteiger partial charge in [0.25, 0.3) is 0 Å². The van der Waals surface area contributed by atoms with Gasteiger partial charge in [0.2, 0.25) is 5.91 Å². The fraction of sp³-hybridized carbons (Fsp3) is 0.500. The van der Waals surface area contributed by atoms with E-state index in [0.29, 0.717) is 56.0 Å². The molecular weight excluding hydrogens is 500 g/mol. The molecule has 3 aromatic rings. The molecule has 1 aliphatic rings. The lowest BCUT2D eigenvalue weighted by molar-refractivity contribution is -0.126. The molecule has 11 nitrogen and oxygen atoms in total. The van der Waals surface area contributed by atoms with Crippen LogP contribution in [0, 0.1) is 0 Å². The summed E-state index contributed by atoms with van der Waals surface area (Å²) in [5.41, 5.74) is 8.47. The summed E-state index contributed by atoms with van der Waals surface area (Å²) in [7, 11) is 0. The Hall–Kier alpha value is -3.54. The van der Waals surface area contributed by atoms with Crippen LogP contribution in [-0.4, -0.2) is 69.9 Å². The Morgan fingerprint density at radius 3 is 2.54 bits per heavy atom. The van der Waals surface area contributed by atoms with Gasteiger partial charge >= 0.3 is 6.09 Å². The fourth-order valence-electron chi connectivity index (χ4n) is 4.38. The van der Waals surface area contributed by atoms with Gasteiger partial charge in [0.05, 0.1) is 37.7 Å². The van der Waals surface area contributed by atoms with E-state index in [1.54, 1.807) is 29.2 Å². The number of aromatic nitrogens is 3. The molecule has 1 fully saturated rings. The number of ether oxygens (including phenoxy) is 3. The molecule has 39 heavy (non-hydrogen) atoms. The monoisotopic (exact) mass is 538 g/mol. The topological polar surface area (TPSA) is 133 Å². The minimum absolute atomic E-state index is 0.00421. The van der Waals surface area contributed by atoms with Crippen molar-refractivity contribution >= 4 is 17.6 Å². The van der Waals surface area contributed by atoms with Crippen LogP contribution in [0.15, 0.2) is 42.5 Å². The zero-order valence-corrected chi connectivity index (χ0v) is 23.1. The fourth-order valence-corrected chi connectivity index (χ4v) is 4.38. The van der Waals surface area contributed by atoms with Gasteiger partial charge in [0, 0.05) is 13.1 Å². The first-order valence-electron chi connectivity index (χ1n) is 13.2. The number of amides is 2. The number of fused-ring (bicyclic) bond motifs is 1. The lowest BCUT2D eigenvalue weighted by atomic mass is 9.98. The van der Waals surface area contributed by atoms with Crippen molar-refractivity contribution in [3.8, 4) is 0 Å². The Bertz CT molecular complexity index is 1280. The van der Waals surface area contributed by atoms with Crippen molar-refractivity contribution in [2.75, 3.05) is 32.9 Å².